The molecule has 0 fully saturated rings. The van der Waals surface area contributed by atoms with Crippen LogP contribution in [0.4, 0.5) is 0 Å². The quantitative estimate of drug-likeness (QED) is 0.182. The number of rotatable bonds is 4. The summed E-state index contributed by atoms with van der Waals surface area (Å²) in [5.41, 5.74) is 6.23. The van der Waals surface area contributed by atoms with Gasteiger partial charge in [0.05, 0.1) is 13.7 Å². The fourth-order valence-corrected chi connectivity index (χ4v) is 7.15. The number of fused-ring (bicyclic) bond motifs is 3. The van der Waals surface area contributed by atoms with E-state index < -0.39 is 24.2 Å². The second kappa shape index (κ2) is 10.2. The molecule has 0 radical (unpaired) electrons. The molecule has 47 heavy (non-hydrogen) atoms. The summed E-state index contributed by atoms with van der Waals surface area (Å²) < 4.78 is 90.2. The maximum atomic E-state index is 8.68. The van der Waals surface area contributed by atoms with E-state index in [4.69, 9.17) is 18.1 Å². The minimum Gasteiger partial charge on any atom is -0.455 e. The third-order valence-corrected chi connectivity index (χ3v) is 9.23. The van der Waals surface area contributed by atoms with Crippen molar-refractivity contribution in [1.82, 2.24) is 0 Å². The molecule has 1 nitrogen and oxygen atoms in total. The van der Waals surface area contributed by atoms with Crippen LogP contribution in [-0.2, 0) is 0 Å². The van der Waals surface area contributed by atoms with Gasteiger partial charge in [0.1, 0.15) is 11.2 Å². The number of furan rings is 1. The third-order valence-electron chi connectivity index (χ3n) is 9.23. The Morgan fingerprint density at radius 3 is 1.51 bits per heavy atom. The third kappa shape index (κ3) is 3.97. The van der Waals surface area contributed by atoms with Gasteiger partial charge in [-0.3, -0.25) is 0 Å². The lowest BCUT2D eigenvalue weighted by Crippen LogP contribution is -1.89. The first-order valence-electron chi connectivity index (χ1n) is 20.4. The molecule has 0 aliphatic carbocycles. The number of benzene rings is 9. The standard InChI is InChI=1S/C46H28O/c1-3-9-29(10-4-1)35-25-21-33-24-28-40-36(26-22-34-23-27-39(35)43(33)44(34)40)31-17-19-32(20-18-31)37-13-8-16-42-45(37)41-15-7-14-38(46(41)47-42)30-11-5-2-6-12-30/h1-28H/i1D,2D,3D,4D,5D,6D,9D,10D,11D,12D. The van der Waals surface area contributed by atoms with Gasteiger partial charge in [0.15, 0.2) is 0 Å². The van der Waals surface area contributed by atoms with Crippen LogP contribution in [0.3, 0.4) is 0 Å². The van der Waals surface area contributed by atoms with E-state index >= 15 is 0 Å². The van der Waals surface area contributed by atoms with Gasteiger partial charge in [-0.25, -0.2) is 0 Å². The van der Waals surface area contributed by atoms with Crippen molar-refractivity contribution in [1.29, 1.82) is 0 Å². The fourth-order valence-electron chi connectivity index (χ4n) is 7.15. The molecule has 0 unspecified atom stereocenters. The largest absolute Gasteiger partial charge is 0.455 e. The molecule has 0 amide bonds. The molecule has 1 aromatic heterocycles. The lowest BCUT2D eigenvalue weighted by atomic mass is 9.87. The van der Waals surface area contributed by atoms with Crippen LogP contribution in [0.1, 0.15) is 13.7 Å². The minimum atomic E-state index is -0.445. The van der Waals surface area contributed by atoms with Crippen LogP contribution >= 0.6 is 0 Å². The van der Waals surface area contributed by atoms with Crippen molar-refractivity contribution in [2.45, 2.75) is 0 Å². The van der Waals surface area contributed by atoms with Crippen molar-refractivity contribution in [2.75, 3.05) is 0 Å². The summed E-state index contributed by atoms with van der Waals surface area (Å²) in [6.07, 6.45) is 0. The summed E-state index contributed by atoms with van der Waals surface area (Å²) in [5, 5.41) is 7.48. The summed E-state index contributed by atoms with van der Waals surface area (Å²) in [4.78, 5) is 0. The van der Waals surface area contributed by atoms with Crippen molar-refractivity contribution < 1.29 is 18.1 Å². The van der Waals surface area contributed by atoms with Gasteiger partial charge < -0.3 is 4.42 Å². The highest BCUT2D eigenvalue weighted by molar-refractivity contribution is 6.27. The van der Waals surface area contributed by atoms with Crippen molar-refractivity contribution in [3.63, 3.8) is 0 Å². The lowest BCUT2D eigenvalue weighted by Gasteiger charge is -2.16. The summed E-state index contributed by atoms with van der Waals surface area (Å²) in [6.45, 7) is 0. The first-order chi connectivity index (χ1) is 27.5. The van der Waals surface area contributed by atoms with E-state index in [1.807, 2.05) is 54.6 Å². The van der Waals surface area contributed by atoms with E-state index in [0.717, 1.165) is 65.3 Å². The van der Waals surface area contributed by atoms with E-state index in [0.29, 0.717) is 22.3 Å². The molecular weight excluding hydrogens is 569 g/mol. The predicted molar refractivity (Wildman–Crippen MR) is 199 cm³/mol. The van der Waals surface area contributed by atoms with Crippen molar-refractivity contribution in [2.24, 2.45) is 0 Å². The number of hydrogen-bond donors (Lipinski definition) is 0. The number of para-hydroxylation sites is 1. The molecular formula is C46H28O. The topological polar surface area (TPSA) is 13.1 Å². The number of hydrogen-bond acceptors (Lipinski definition) is 1. The van der Waals surface area contributed by atoms with E-state index in [-0.39, 0.29) is 47.4 Å². The average Bonchev–Trinajstić information content (AvgIpc) is 3.63. The van der Waals surface area contributed by atoms with Gasteiger partial charge in [-0.1, -0.05) is 164 Å². The summed E-state index contributed by atoms with van der Waals surface area (Å²) in [5.74, 6) is 0. The Morgan fingerprint density at radius 1 is 0.362 bits per heavy atom. The monoisotopic (exact) mass is 606 g/mol. The fraction of sp³-hybridized carbons (Fsp3) is 0. The highest BCUT2D eigenvalue weighted by Crippen LogP contribution is 2.44. The molecule has 0 aliphatic heterocycles. The molecule has 1 heteroatoms. The second-order valence-corrected chi connectivity index (χ2v) is 11.7. The molecule has 0 atom stereocenters. The van der Waals surface area contributed by atoms with Gasteiger partial charge >= 0.3 is 0 Å². The average molecular weight is 607 g/mol. The molecule has 0 bridgehead atoms. The van der Waals surface area contributed by atoms with Crippen molar-refractivity contribution in [3.05, 3.63) is 170 Å². The summed E-state index contributed by atoms with van der Waals surface area (Å²) >= 11 is 0. The van der Waals surface area contributed by atoms with E-state index in [1.165, 1.54) is 0 Å². The first kappa shape index (κ1) is 18.1. The van der Waals surface area contributed by atoms with Gasteiger partial charge in [-0.05, 0) is 77.3 Å². The Kier molecular flexibility index (Phi) is 3.91. The van der Waals surface area contributed by atoms with Crippen molar-refractivity contribution in [3.8, 4) is 44.5 Å². The minimum absolute atomic E-state index is 0.0927. The molecule has 0 spiro atoms. The van der Waals surface area contributed by atoms with Gasteiger partial charge in [0.2, 0.25) is 0 Å². The maximum Gasteiger partial charge on any atom is 0.143 e. The molecule has 0 N–H and O–H groups in total. The molecule has 0 aliphatic rings. The Balaban J connectivity index is 1.11. The van der Waals surface area contributed by atoms with E-state index in [2.05, 4.69) is 48.5 Å². The molecule has 0 saturated heterocycles. The van der Waals surface area contributed by atoms with Crippen LogP contribution in [0.2, 0.25) is 0 Å². The lowest BCUT2D eigenvalue weighted by molar-refractivity contribution is 0.670. The van der Waals surface area contributed by atoms with Crippen molar-refractivity contribution >= 4 is 54.3 Å². The van der Waals surface area contributed by atoms with Crippen LogP contribution < -0.4 is 0 Å². The Labute approximate surface area is 286 Å². The highest BCUT2D eigenvalue weighted by atomic mass is 16.3. The molecule has 10 rings (SSSR count). The predicted octanol–water partition coefficient (Wildman–Crippen LogP) is 13.2. The molecule has 218 valence electrons. The van der Waals surface area contributed by atoms with Gasteiger partial charge in [-0.15, -0.1) is 0 Å². The first-order valence-corrected chi connectivity index (χ1v) is 15.4. The molecule has 10 aromatic rings. The second-order valence-electron chi connectivity index (χ2n) is 11.7. The maximum absolute atomic E-state index is 8.68. The Morgan fingerprint density at radius 2 is 0.872 bits per heavy atom. The van der Waals surface area contributed by atoms with Crippen LogP contribution in [-0.4, -0.2) is 0 Å². The zero-order valence-corrected chi connectivity index (χ0v) is 24.8. The zero-order chi connectivity index (χ0) is 39.6. The van der Waals surface area contributed by atoms with Gasteiger partial charge in [0.25, 0.3) is 0 Å². The van der Waals surface area contributed by atoms with E-state index in [9.17, 15) is 0 Å². The van der Waals surface area contributed by atoms with Crippen LogP contribution in [0.25, 0.3) is 98.8 Å². The van der Waals surface area contributed by atoms with Gasteiger partial charge in [0, 0.05) is 16.3 Å². The van der Waals surface area contributed by atoms with Gasteiger partial charge in [-0.2, -0.15) is 0 Å². The Hall–Kier alpha value is -6.18. The zero-order valence-electron chi connectivity index (χ0n) is 34.8. The summed E-state index contributed by atoms with van der Waals surface area (Å²) in [7, 11) is 0. The normalized spacial score (nSPS) is 14.8. The van der Waals surface area contributed by atoms with Crippen LogP contribution in [0.15, 0.2) is 174 Å². The molecule has 9 aromatic carbocycles. The smallest absolute Gasteiger partial charge is 0.143 e. The van der Waals surface area contributed by atoms with E-state index in [1.54, 1.807) is 6.07 Å². The van der Waals surface area contributed by atoms with Crippen LogP contribution in [0, 0.1) is 0 Å². The van der Waals surface area contributed by atoms with Crippen LogP contribution in [0.5, 0.6) is 0 Å². The molecule has 1 heterocycles. The highest BCUT2D eigenvalue weighted by Gasteiger charge is 2.17. The summed E-state index contributed by atoms with van der Waals surface area (Å²) in [6, 6.07) is 32.3. The Bertz CT molecular complexity index is 3290. The molecule has 0 saturated carbocycles. The SMILES string of the molecule is [2H]c1c([2H])c([2H])c(-c2ccc3ccc4c(-c5ccc(-c6cccc7oc8c(-c9c([2H])c([2H])c([2H])c([2H])c9[2H])cccc8c67)cc5)ccc5ccc2c3c54)c([2H])c1[2H].